The molecule has 3 aliphatic rings. The van der Waals surface area contributed by atoms with Crippen LogP contribution in [0, 0.1) is 5.92 Å². The van der Waals surface area contributed by atoms with Gasteiger partial charge in [-0.25, -0.2) is 9.59 Å². The van der Waals surface area contributed by atoms with Crippen LogP contribution in [0.15, 0.2) is 60.7 Å². The molecule has 2 bridgehead atoms. The van der Waals surface area contributed by atoms with Gasteiger partial charge in [-0.1, -0.05) is 60.7 Å². The monoisotopic (exact) mass is 481 g/mol. The highest BCUT2D eigenvalue weighted by Crippen LogP contribution is 2.38. The van der Waals surface area contributed by atoms with Crippen molar-refractivity contribution in [2.75, 3.05) is 32.7 Å². The molecule has 2 aromatic carbocycles. The number of nitrogens with zero attached hydrogens (tertiary/aromatic N) is 1. The quantitative estimate of drug-likeness (QED) is 0.466. The fourth-order valence-electron chi connectivity index (χ4n) is 5.36. The third-order valence-corrected chi connectivity index (χ3v) is 7.23. The number of benzene rings is 2. The van der Waals surface area contributed by atoms with Crippen molar-refractivity contribution in [3.05, 3.63) is 71.8 Å². The van der Waals surface area contributed by atoms with Crippen LogP contribution in [-0.4, -0.2) is 66.1 Å². The van der Waals surface area contributed by atoms with Crippen LogP contribution >= 0.6 is 0 Å². The fraction of sp³-hybridized carbons (Fsp3) is 0.500. The highest BCUT2D eigenvalue weighted by molar-refractivity contribution is 5.85. The second-order valence-corrected chi connectivity index (χ2v) is 10.8. The molecule has 0 aliphatic carbocycles. The molecule has 0 spiro atoms. The number of hydrogen-bond acceptors (Lipinski definition) is 5. The largest absolute Gasteiger partial charge is 0.453 e. The first-order valence-corrected chi connectivity index (χ1v) is 12.5. The Labute approximate surface area is 207 Å². The number of esters is 1. The molecule has 0 saturated carbocycles. The Morgan fingerprint density at radius 2 is 1.51 bits per heavy atom. The molecule has 7 heteroatoms. The van der Waals surface area contributed by atoms with E-state index in [1.165, 1.54) is 0 Å². The number of piperidine rings is 3. The first-order chi connectivity index (χ1) is 16.6. The first kappa shape index (κ1) is 25.2. The van der Waals surface area contributed by atoms with E-state index in [4.69, 9.17) is 9.47 Å². The van der Waals surface area contributed by atoms with Crippen LogP contribution in [0.3, 0.4) is 0 Å². The van der Waals surface area contributed by atoms with Crippen LogP contribution in [0.2, 0.25) is 0 Å². The zero-order chi connectivity index (χ0) is 25.1. The highest BCUT2D eigenvalue weighted by Gasteiger charge is 2.50. The summed E-state index contributed by atoms with van der Waals surface area (Å²) in [4.78, 5) is 25.7. The Kier molecular flexibility index (Phi) is 7.20. The number of rotatable bonds is 7. The molecule has 5 rings (SSSR count). The van der Waals surface area contributed by atoms with E-state index in [-0.39, 0.29) is 12.0 Å². The van der Waals surface area contributed by atoms with E-state index in [1.807, 2.05) is 57.2 Å². The lowest BCUT2D eigenvalue weighted by molar-refractivity contribution is -0.945. The lowest BCUT2D eigenvalue weighted by Crippen LogP contribution is -2.66. The SMILES string of the molecule is CC(C)(C)OC(=O)NCC[N+]12CCC(CC1)[C@@H](OC(=O)C(O)(c1ccccc1)c1ccccc1)C2. The summed E-state index contributed by atoms with van der Waals surface area (Å²) >= 11 is 0. The van der Waals surface area contributed by atoms with E-state index in [0.717, 1.165) is 37.0 Å². The first-order valence-electron chi connectivity index (χ1n) is 12.5. The van der Waals surface area contributed by atoms with Gasteiger partial charge in [0.05, 0.1) is 26.2 Å². The van der Waals surface area contributed by atoms with E-state index in [9.17, 15) is 14.7 Å². The van der Waals surface area contributed by atoms with Gasteiger partial charge in [0, 0.05) is 18.8 Å². The maximum absolute atomic E-state index is 13.6. The van der Waals surface area contributed by atoms with Crippen molar-refractivity contribution in [2.45, 2.75) is 50.9 Å². The molecule has 3 aliphatic heterocycles. The van der Waals surface area contributed by atoms with Crippen molar-refractivity contribution >= 4 is 12.1 Å². The molecule has 0 radical (unpaired) electrons. The molecule has 1 amide bonds. The third-order valence-electron chi connectivity index (χ3n) is 7.23. The standard InChI is InChI=1S/C28H36N2O5/c1-27(2,3)35-26(32)29-16-19-30-17-14-21(15-18-30)24(20-30)34-25(31)28(33,22-10-6-4-7-11-22)23-12-8-5-9-13-23/h4-13,21,24,33H,14-20H2,1-3H3/p+1/t21?,24-,30?/m0/s1. The molecule has 3 fully saturated rings. The topological polar surface area (TPSA) is 84.9 Å². The summed E-state index contributed by atoms with van der Waals surface area (Å²) in [7, 11) is 0. The van der Waals surface area contributed by atoms with Gasteiger partial charge in [-0.3, -0.25) is 0 Å². The van der Waals surface area contributed by atoms with E-state index in [1.54, 1.807) is 24.3 Å². The van der Waals surface area contributed by atoms with Gasteiger partial charge < -0.3 is 24.4 Å². The number of aliphatic hydroxyl groups is 1. The van der Waals surface area contributed by atoms with Gasteiger partial charge in [0.2, 0.25) is 5.60 Å². The van der Waals surface area contributed by atoms with E-state index in [2.05, 4.69) is 5.32 Å². The maximum Gasteiger partial charge on any atom is 0.407 e. The van der Waals surface area contributed by atoms with Crippen molar-refractivity contribution in [3.8, 4) is 0 Å². The van der Waals surface area contributed by atoms with Crippen LogP contribution in [-0.2, 0) is 19.9 Å². The van der Waals surface area contributed by atoms with Crippen molar-refractivity contribution in [1.82, 2.24) is 5.32 Å². The van der Waals surface area contributed by atoms with Crippen molar-refractivity contribution in [1.29, 1.82) is 0 Å². The number of carbonyl (C=O) groups is 2. The fourth-order valence-corrected chi connectivity index (χ4v) is 5.36. The average molecular weight is 482 g/mol. The molecule has 35 heavy (non-hydrogen) atoms. The number of hydrogen-bond donors (Lipinski definition) is 2. The predicted molar refractivity (Wildman–Crippen MR) is 132 cm³/mol. The minimum absolute atomic E-state index is 0.273. The van der Waals surface area contributed by atoms with Gasteiger partial charge in [-0.05, 0) is 31.9 Å². The number of ether oxygens (including phenoxy) is 2. The van der Waals surface area contributed by atoms with Gasteiger partial charge in [0.25, 0.3) is 0 Å². The van der Waals surface area contributed by atoms with Crippen molar-refractivity contribution in [3.63, 3.8) is 0 Å². The summed E-state index contributed by atoms with van der Waals surface area (Å²) in [6.45, 7) is 9.46. The van der Waals surface area contributed by atoms with Crippen molar-refractivity contribution < 1.29 is 28.7 Å². The minimum atomic E-state index is -1.88. The van der Waals surface area contributed by atoms with E-state index >= 15 is 0 Å². The van der Waals surface area contributed by atoms with Crippen LogP contribution in [0.25, 0.3) is 0 Å². The minimum Gasteiger partial charge on any atom is -0.453 e. The summed E-state index contributed by atoms with van der Waals surface area (Å²) in [5, 5.41) is 14.6. The van der Waals surface area contributed by atoms with Gasteiger partial charge in [0.15, 0.2) is 6.10 Å². The van der Waals surface area contributed by atoms with Crippen LogP contribution in [0.5, 0.6) is 0 Å². The number of nitrogens with one attached hydrogen (secondary N) is 1. The summed E-state index contributed by atoms with van der Waals surface area (Å²) in [5.74, 6) is -0.354. The van der Waals surface area contributed by atoms with Gasteiger partial charge in [-0.15, -0.1) is 0 Å². The zero-order valence-corrected chi connectivity index (χ0v) is 20.9. The van der Waals surface area contributed by atoms with Crippen LogP contribution < -0.4 is 5.32 Å². The lowest BCUT2D eigenvalue weighted by Gasteiger charge is -2.52. The van der Waals surface area contributed by atoms with Crippen LogP contribution in [0.4, 0.5) is 4.79 Å². The molecule has 3 saturated heterocycles. The molecule has 2 aromatic rings. The van der Waals surface area contributed by atoms with Gasteiger partial charge in [-0.2, -0.15) is 0 Å². The summed E-state index contributed by atoms with van der Waals surface area (Å²) in [6, 6.07) is 17.9. The summed E-state index contributed by atoms with van der Waals surface area (Å²) in [5.41, 5.74) is -1.43. The Morgan fingerprint density at radius 1 is 0.971 bits per heavy atom. The average Bonchev–Trinajstić information content (AvgIpc) is 2.84. The normalized spacial score (nSPS) is 24.0. The second-order valence-electron chi connectivity index (χ2n) is 10.8. The molecular weight excluding hydrogens is 444 g/mol. The third kappa shape index (κ3) is 5.68. The maximum atomic E-state index is 13.6. The van der Waals surface area contributed by atoms with Gasteiger partial charge >= 0.3 is 12.1 Å². The zero-order valence-electron chi connectivity index (χ0n) is 20.9. The molecule has 0 unspecified atom stereocenters. The van der Waals surface area contributed by atoms with Crippen molar-refractivity contribution in [2.24, 2.45) is 5.92 Å². The molecule has 2 N–H and O–H groups in total. The van der Waals surface area contributed by atoms with Gasteiger partial charge in [0.1, 0.15) is 12.1 Å². The number of carbonyl (C=O) groups excluding carboxylic acids is 2. The van der Waals surface area contributed by atoms with E-state index in [0.29, 0.717) is 24.2 Å². The van der Waals surface area contributed by atoms with Crippen LogP contribution in [0.1, 0.15) is 44.7 Å². The molecule has 3 heterocycles. The summed E-state index contributed by atoms with van der Waals surface area (Å²) in [6.07, 6.45) is 1.23. The predicted octanol–water partition coefficient (Wildman–Crippen LogP) is 3.60. The molecule has 7 nitrogen and oxygen atoms in total. The van der Waals surface area contributed by atoms with E-state index < -0.39 is 23.3 Å². The molecular formula is C28H37N2O5+. The Morgan fingerprint density at radius 3 is 2.03 bits per heavy atom. The Bertz CT molecular complexity index is 971. The lowest BCUT2D eigenvalue weighted by atomic mass is 9.82. The smallest absolute Gasteiger partial charge is 0.407 e. The Hall–Kier alpha value is -2.90. The molecule has 0 aromatic heterocycles. The number of quaternary nitrogens is 1. The molecule has 188 valence electrons. The summed E-state index contributed by atoms with van der Waals surface area (Å²) < 4.78 is 12.2. The number of fused-ring (bicyclic) bond motifs is 3. The number of amides is 1. The highest BCUT2D eigenvalue weighted by atomic mass is 16.6. The molecule has 1 atom stereocenters. The Balaban J connectivity index is 1.45. The number of alkyl carbamates (subject to hydrolysis) is 1. The second kappa shape index (κ2) is 9.99.